The topological polar surface area (TPSA) is 61.5 Å². The van der Waals surface area contributed by atoms with Gasteiger partial charge in [-0.2, -0.15) is 9.61 Å². The van der Waals surface area contributed by atoms with Gasteiger partial charge in [0.05, 0.1) is 0 Å². The molecular weight excluding hydrogens is 356 g/mol. The summed E-state index contributed by atoms with van der Waals surface area (Å²) in [5.41, 5.74) is 1.10. The van der Waals surface area contributed by atoms with Crippen LogP contribution in [-0.4, -0.2) is 26.6 Å². The zero-order valence-electron chi connectivity index (χ0n) is 13.2. The first-order chi connectivity index (χ1) is 12.3. The molecule has 0 atom stereocenters. The molecule has 1 aliphatic rings. The van der Waals surface area contributed by atoms with Crippen molar-refractivity contribution in [3.8, 4) is 11.5 Å². The molecule has 4 aromatic rings. The second kappa shape index (κ2) is 6.12. The van der Waals surface area contributed by atoms with Gasteiger partial charge in [-0.15, -0.1) is 21.5 Å². The van der Waals surface area contributed by atoms with Crippen LogP contribution in [0.5, 0.6) is 11.5 Å². The number of hydrogen-bond acceptors (Lipinski definition) is 7. The van der Waals surface area contributed by atoms with Crippen molar-refractivity contribution in [3.05, 3.63) is 57.0 Å². The van der Waals surface area contributed by atoms with Gasteiger partial charge < -0.3 is 9.47 Å². The van der Waals surface area contributed by atoms with Crippen molar-refractivity contribution in [1.82, 2.24) is 19.8 Å². The monoisotopic (exact) mass is 370 g/mol. The highest BCUT2D eigenvalue weighted by Gasteiger charge is 2.16. The minimum absolute atomic E-state index is 0.285. The average Bonchev–Trinajstić information content (AvgIpc) is 3.39. The molecule has 0 aliphatic carbocycles. The van der Waals surface area contributed by atoms with Crippen molar-refractivity contribution in [1.29, 1.82) is 0 Å². The van der Waals surface area contributed by atoms with Gasteiger partial charge in [-0.25, -0.2) is 0 Å². The summed E-state index contributed by atoms with van der Waals surface area (Å²) in [6.45, 7) is 0.285. The zero-order valence-corrected chi connectivity index (χ0v) is 14.8. The summed E-state index contributed by atoms with van der Waals surface area (Å²) < 4.78 is 12.7. The number of thiophene rings is 1. The molecule has 3 aromatic heterocycles. The van der Waals surface area contributed by atoms with Crippen LogP contribution in [0, 0.1) is 0 Å². The Kier molecular flexibility index (Phi) is 3.64. The van der Waals surface area contributed by atoms with Gasteiger partial charge in [0.1, 0.15) is 5.01 Å². The predicted octanol–water partition coefficient (Wildman–Crippen LogP) is 3.35. The molecule has 8 heteroatoms. The van der Waals surface area contributed by atoms with E-state index in [0.29, 0.717) is 6.42 Å². The van der Waals surface area contributed by atoms with E-state index in [4.69, 9.17) is 14.6 Å². The number of benzene rings is 1. The molecule has 0 spiro atoms. The molecule has 0 unspecified atom stereocenters. The Morgan fingerprint density at radius 1 is 1.08 bits per heavy atom. The minimum atomic E-state index is 0.285. The summed E-state index contributed by atoms with van der Waals surface area (Å²) in [4.78, 5) is 2.23. The molecule has 0 amide bonds. The summed E-state index contributed by atoms with van der Waals surface area (Å²) in [5.74, 6) is 2.42. The highest BCUT2D eigenvalue weighted by Crippen LogP contribution is 2.33. The molecule has 1 aromatic carbocycles. The van der Waals surface area contributed by atoms with Gasteiger partial charge >= 0.3 is 0 Å². The van der Waals surface area contributed by atoms with E-state index in [1.807, 2.05) is 22.7 Å². The molecule has 0 radical (unpaired) electrons. The smallest absolute Gasteiger partial charge is 0.234 e. The molecule has 126 valence electrons. The molecule has 6 nitrogen and oxygen atoms in total. The minimum Gasteiger partial charge on any atom is -0.454 e. The maximum absolute atomic E-state index is 5.44. The van der Waals surface area contributed by atoms with Crippen LogP contribution in [0.1, 0.15) is 21.3 Å². The summed E-state index contributed by atoms with van der Waals surface area (Å²) in [5, 5.41) is 16.5. The molecular formula is C17H14N4O2S2. The lowest BCUT2D eigenvalue weighted by Crippen LogP contribution is -1.99. The number of hydrogen-bond donors (Lipinski definition) is 0. The van der Waals surface area contributed by atoms with Gasteiger partial charge in [0.25, 0.3) is 0 Å². The first kappa shape index (κ1) is 14.9. The molecule has 1 aliphatic heterocycles. The first-order valence-corrected chi connectivity index (χ1v) is 9.66. The van der Waals surface area contributed by atoms with Gasteiger partial charge in [0.2, 0.25) is 11.8 Å². The summed E-state index contributed by atoms with van der Waals surface area (Å²) >= 11 is 3.39. The Labute approximate surface area is 151 Å². The molecule has 0 fully saturated rings. The van der Waals surface area contributed by atoms with Gasteiger partial charge in [-0.3, -0.25) is 0 Å². The standard InChI is InChI=1S/C17H14N4O2S2/c1-2-12(24-7-1)4-6-16-20-21-15(18-19-17(21)25-16)9-11-3-5-13-14(8-11)23-10-22-13/h1-3,5,7-8H,4,6,9-10H2. The van der Waals surface area contributed by atoms with Crippen LogP contribution in [0.15, 0.2) is 35.7 Å². The van der Waals surface area contributed by atoms with E-state index in [1.54, 1.807) is 22.7 Å². The third-order valence-corrected chi connectivity index (χ3v) is 5.96. The van der Waals surface area contributed by atoms with Crippen LogP contribution in [0.4, 0.5) is 0 Å². The van der Waals surface area contributed by atoms with Crippen molar-refractivity contribution in [2.45, 2.75) is 19.3 Å². The molecule has 0 N–H and O–H groups in total. The highest BCUT2D eigenvalue weighted by molar-refractivity contribution is 7.16. The van der Waals surface area contributed by atoms with Crippen molar-refractivity contribution >= 4 is 27.6 Å². The van der Waals surface area contributed by atoms with Crippen LogP contribution in [0.2, 0.25) is 0 Å². The van der Waals surface area contributed by atoms with Crippen LogP contribution in [0.3, 0.4) is 0 Å². The second-order valence-corrected chi connectivity index (χ2v) is 7.82. The Morgan fingerprint density at radius 2 is 2.04 bits per heavy atom. The van der Waals surface area contributed by atoms with Gasteiger partial charge in [-0.1, -0.05) is 23.5 Å². The van der Waals surface area contributed by atoms with E-state index < -0.39 is 0 Å². The summed E-state index contributed by atoms with van der Waals surface area (Å²) in [6, 6.07) is 10.2. The fourth-order valence-electron chi connectivity index (χ4n) is 2.83. The highest BCUT2D eigenvalue weighted by atomic mass is 32.1. The van der Waals surface area contributed by atoms with Crippen molar-refractivity contribution in [3.63, 3.8) is 0 Å². The lowest BCUT2D eigenvalue weighted by Gasteiger charge is -2.01. The van der Waals surface area contributed by atoms with E-state index in [-0.39, 0.29) is 6.79 Å². The predicted molar refractivity (Wildman–Crippen MR) is 95.8 cm³/mol. The molecule has 4 heterocycles. The van der Waals surface area contributed by atoms with Gasteiger partial charge in [-0.05, 0) is 35.6 Å². The normalized spacial score (nSPS) is 13.0. The van der Waals surface area contributed by atoms with Crippen LogP contribution >= 0.6 is 22.7 Å². The number of rotatable bonds is 5. The van der Waals surface area contributed by atoms with Crippen LogP contribution < -0.4 is 9.47 Å². The Balaban J connectivity index is 1.36. The SMILES string of the molecule is c1csc(CCc2nn3c(Cc4ccc5c(c4)OCO5)nnc3s2)c1. The van der Waals surface area contributed by atoms with Gasteiger partial charge in [0, 0.05) is 17.7 Å². The molecule has 25 heavy (non-hydrogen) atoms. The van der Waals surface area contributed by atoms with Crippen LogP contribution in [-0.2, 0) is 19.3 Å². The first-order valence-electron chi connectivity index (χ1n) is 7.96. The number of ether oxygens (including phenoxy) is 2. The quantitative estimate of drug-likeness (QED) is 0.539. The van der Waals surface area contributed by atoms with E-state index in [9.17, 15) is 0 Å². The van der Waals surface area contributed by atoms with Crippen molar-refractivity contribution < 1.29 is 9.47 Å². The van der Waals surface area contributed by atoms with E-state index in [1.165, 1.54) is 4.88 Å². The largest absolute Gasteiger partial charge is 0.454 e. The van der Waals surface area contributed by atoms with E-state index >= 15 is 0 Å². The number of nitrogens with zero attached hydrogens (tertiary/aromatic N) is 4. The third-order valence-electron chi connectivity index (χ3n) is 4.06. The van der Waals surface area contributed by atoms with E-state index in [2.05, 4.69) is 27.7 Å². The summed E-state index contributed by atoms with van der Waals surface area (Å²) in [6.07, 6.45) is 2.60. The molecule has 0 saturated heterocycles. The third kappa shape index (κ3) is 2.87. The molecule has 0 bridgehead atoms. The zero-order chi connectivity index (χ0) is 16.6. The number of aryl methyl sites for hydroxylation is 2. The average molecular weight is 370 g/mol. The van der Waals surface area contributed by atoms with Crippen molar-refractivity contribution in [2.75, 3.05) is 6.79 Å². The Bertz CT molecular complexity index is 1020. The number of fused-ring (bicyclic) bond motifs is 2. The lowest BCUT2D eigenvalue weighted by atomic mass is 10.1. The Hall–Kier alpha value is -2.45. The fraction of sp³-hybridized carbons (Fsp3) is 0.235. The summed E-state index contributed by atoms with van der Waals surface area (Å²) in [7, 11) is 0. The molecule has 5 rings (SSSR count). The lowest BCUT2D eigenvalue weighted by molar-refractivity contribution is 0.174. The van der Waals surface area contributed by atoms with Crippen molar-refractivity contribution in [2.24, 2.45) is 0 Å². The van der Waals surface area contributed by atoms with Gasteiger partial charge in [0.15, 0.2) is 17.3 Å². The molecule has 0 saturated carbocycles. The van der Waals surface area contributed by atoms with Crippen LogP contribution in [0.25, 0.3) is 4.96 Å². The maximum Gasteiger partial charge on any atom is 0.234 e. The fourth-order valence-corrected chi connectivity index (χ4v) is 4.39. The Morgan fingerprint density at radius 3 is 2.96 bits per heavy atom. The maximum atomic E-state index is 5.44. The second-order valence-electron chi connectivity index (χ2n) is 5.75. The van der Waals surface area contributed by atoms with E-state index in [0.717, 1.165) is 45.7 Å². The number of aromatic nitrogens is 4.